The van der Waals surface area contributed by atoms with Crippen molar-refractivity contribution in [1.29, 1.82) is 0 Å². The van der Waals surface area contributed by atoms with Crippen molar-refractivity contribution in [3.63, 3.8) is 0 Å². The smallest absolute Gasteiger partial charge is 0.124 e. The summed E-state index contributed by atoms with van der Waals surface area (Å²) in [6, 6.07) is 6.35. The lowest BCUT2D eigenvalue weighted by Gasteiger charge is -2.31. The predicted molar refractivity (Wildman–Crippen MR) is 77.6 cm³/mol. The molecule has 5 nitrogen and oxygen atoms in total. The summed E-state index contributed by atoms with van der Waals surface area (Å²) in [5.74, 6) is 0.899. The van der Waals surface area contributed by atoms with Crippen LogP contribution in [-0.2, 0) is 9.47 Å². The molecular weight excluding hydrogens is 256 g/mol. The molecule has 2 heterocycles. The Bertz CT molecular complexity index is 441. The Labute approximate surface area is 119 Å². The molecule has 1 aromatic carbocycles. The summed E-state index contributed by atoms with van der Waals surface area (Å²) in [5, 5.41) is 3.37. The van der Waals surface area contributed by atoms with Crippen LogP contribution < -0.4 is 15.0 Å². The number of morpholine rings is 2. The number of hydrogen-bond donors (Lipinski definition) is 1. The van der Waals surface area contributed by atoms with Crippen molar-refractivity contribution in [3.8, 4) is 5.75 Å². The number of benzene rings is 1. The highest BCUT2D eigenvalue weighted by molar-refractivity contribution is 5.54. The SMILES string of the molecule is COc1ccc(N2CCOCC2)cc1C1CNCCO1. The lowest BCUT2D eigenvalue weighted by molar-refractivity contribution is 0.0263. The molecule has 3 rings (SSSR count). The van der Waals surface area contributed by atoms with Crippen LogP contribution in [0.4, 0.5) is 5.69 Å². The quantitative estimate of drug-likeness (QED) is 0.900. The molecule has 0 spiro atoms. The van der Waals surface area contributed by atoms with E-state index in [9.17, 15) is 0 Å². The van der Waals surface area contributed by atoms with Crippen molar-refractivity contribution in [2.75, 3.05) is 58.0 Å². The van der Waals surface area contributed by atoms with Crippen molar-refractivity contribution >= 4 is 5.69 Å². The zero-order valence-corrected chi connectivity index (χ0v) is 11.9. The van der Waals surface area contributed by atoms with Crippen LogP contribution in [0.2, 0.25) is 0 Å². The molecule has 2 saturated heterocycles. The molecule has 1 aromatic rings. The molecule has 0 aromatic heterocycles. The fourth-order valence-corrected chi connectivity index (χ4v) is 2.76. The van der Waals surface area contributed by atoms with Crippen LogP contribution in [0.1, 0.15) is 11.7 Å². The number of ether oxygens (including phenoxy) is 3. The number of methoxy groups -OCH3 is 1. The Kier molecular flexibility index (Phi) is 4.40. The third-order valence-corrected chi connectivity index (χ3v) is 3.86. The van der Waals surface area contributed by atoms with Gasteiger partial charge in [-0.1, -0.05) is 0 Å². The lowest BCUT2D eigenvalue weighted by Crippen LogP contribution is -2.36. The van der Waals surface area contributed by atoms with Crippen LogP contribution in [0.15, 0.2) is 18.2 Å². The van der Waals surface area contributed by atoms with E-state index in [1.165, 1.54) is 5.69 Å². The normalized spacial score (nSPS) is 23.6. The van der Waals surface area contributed by atoms with E-state index in [0.29, 0.717) is 0 Å². The second-order valence-corrected chi connectivity index (χ2v) is 5.09. The maximum Gasteiger partial charge on any atom is 0.124 e. The van der Waals surface area contributed by atoms with Crippen molar-refractivity contribution in [3.05, 3.63) is 23.8 Å². The molecule has 1 N–H and O–H groups in total. The predicted octanol–water partition coefficient (Wildman–Crippen LogP) is 1.19. The van der Waals surface area contributed by atoms with E-state index in [-0.39, 0.29) is 6.10 Å². The lowest BCUT2D eigenvalue weighted by atomic mass is 10.1. The summed E-state index contributed by atoms with van der Waals surface area (Å²) in [7, 11) is 1.71. The molecule has 2 aliphatic heterocycles. The maximum atomic E-state index is 5.86. The minimum atomic E-state index is 0.0692. The standard InChI is InChI=1S/C15H22N2O3/c1-18-14-3-2-12(17-5-8-19-9-6-17)10-13(14)15-11-16-4-7-20-15/h2-3,10,15-16H,4-9,11H2,1H3. The van der Waals surface area contributed by atoms with Crippen LogP contribution in [0.3, 0.4) is 0 Å². The first-order chi connectivity index (χ1) is 9.88. The molecule has 0 aliphatic carbocycles. The van der Waals surface area contributed by atoms with Crippen LogP contribution >= 0.6 is 0 Å². The van der Waals surface area contributed by atoms with E-state index in [2.05, 4.69) is 22.3 Å². The van der Waals surface area contributed by atoms with Gasteiger partial charge in [-0.2, -0.15) is 0 Å². The van der Waals surface area contributed by atoms with Gasteiger partial charge >= 0.3 is 0 Å². The second kappa shape index (κ2) is 6.43. The highest BCUT2D eigenvalue weighted by Crippen LogP contribution is 2.32. The molecule has 5 heteroatoms. The Morgan fingerprint density at radius 1 is 1.25 bits per heavy atom. The fraction of sp³-hybridized carbons (Fsp3) is 0.600. The van der Waals surface area contributed by atoms with Crippen molar-refractivity contribution in [2.24, 2.45) is 0 Å². The molecule has 2 aliphatic rings. The van der Waals surface area contributed by atoms with Gasteiger partial charge < -0.3 is 24.4 Å². The van der Waals surface area contributed by atoms with E-state index < -0.39 is 0 Å². The summed E-state index contributed by atoms with van der Waals surface area (Å²) in [5.41, 5.74) is 2.35. The molecule has 110 valence electrons. The Hall–Kier alpha value is -1.30. The van der Waals surface area contributed by atoms with Crippen LogP contribution in [-0.4, -0.2) is 53.1 Å². The van der Waals surface area contributed by atoms with E-state index in [0.717, 1.165) is 57.3 Å². The molecule has 2 fully saturated rings. The number of rotatable bonds is 3. The first-order valence-corrected chi connectivity index (χ1v) is 7.21. The number of nitrogens with zero attached hydrogens (tertiary/aromatic N) is 1. The van der Waals surface area contributed by atoms with Gasteiger partial charge in [0, 0.05) is 37.4 Å². The van der Waals surface area contributed by atoms with Gasteiger partial charge in [0.1, 0.15) is 5.75 Å². The topological polar surface area (TPSA) is 43.0 Å². The monoisotopic (exact) mass is 278 g/mol. The average Bonchev–Trinajstić information content (AvgIpc) is 2.56. The Morgan fingerprint density at radius 3 is 2.80 bits per heavy atom. The van der Waals surface area contributed by atoms with Crippen molar-refractivity contribution < 1.29 is 14.2 Å². The van der Waals surface area contributed by atoms with Gasteiger partial charge in [-0.25, -0.2) is 0 Å². The van der Waals surface area contributed by atoms with Gasteiger partial charge in [0.15, 0.2) is 0 Å². The van der Waals surface area contributed by atoms with Crippen LogP contribution in [0.5, 0.6) is 5.75 Å². The minimum Gasteiger partial charge on any atom is -0.496 e. The Balaban J connectivity index is 1.85. The molecule has 1 atom stereocenters. The first kappa shape index (κ1) is 13.7. The van der Waals surface area contributed by atoms with Gasteiger partial charge in [-0.15, -0.1) is 0 Å². The van der Waals surface area contributed by atoms with E-state index in [1.807, 2.05) is 6.07 Å². The summed E-state index contributed by atoms with van der Waals surface area (Å²) in [4.78, 5) is 2.35. The van der Waals surface area contributed by atoms with Crippen LogP contribution in [0, 0.1) is 0 Å². The largest absolute Gasteiger partial charge is 0.496 e. The van der Waals surface area contributed by atoms with Gasteiger partial charge in [0.2, 0.25) is 0 Å². The second-order valence-electron chi connectivity index (χ2n) is 5.09. The maximum absolute atomic E-state index is 5.86. The van der Waals surface area contributed by atoms with Crippen molar-refractivity contribution in [2.45, 2.75) is 6.10 Å². The molecule has 0 amide bonds. The molecule has 20 heavy (non-hydrogen) atoms. The number of nitrogens with one attached hydrogen (secondary N) is 1. The average molecular weight is 278 g/mol. The summed E-state index contributed by atoms with van der Waals surface area (Å²) < 4.78 is 16.8. The summed E-state index contributed by atoms with van der Waals surface area (Å²) in [6.45, 7) is 5.97. The Morgan fingerprint density at radius 2 is 2.10 bits per heavy atom. The zero-order chi connectivity index (χ0) is 13.8. The summed E-state index contributed by atoms with van der Waals surface area (Å²) >= 11 is 0. The highest BCUT2D eigenvalue weighted by Gasteiger charge is 2.21. The van der Waals surface area contributed by atoms with E-state index in [1.54, 1.807) is 7.11 Å². The fourth-order valence-electron chi connectivity index (χ4n) is 2.76. The molecule has 0 saturated carbocycles. The zero-order valence-electron chi connectivity index (χ0n) is 11.9. The molecular formula is C15H22N2O3. The van der Waals surface area contributed by atoms with Gasteiger partial charge in [-0.3, -0.25) is 0 Å². The van der Waals surface area contributed by atoms with Gasteiger partial charge in [0.05, 0.1) is 33.0 Å². The highest BCUT2D eigenvalue weighted by atomic mass is 16.5. The number of hydrogen-bond acceptors (Lipinski definition) is 5. The van der Waals surface area contributed by atoms with Gasteiger partial charge in [0.25, 0.3) is 0 Å². The van der Waals surface area contributed by atoms with Gasteiger partial charge in [-0.05, 0) is 18.2 Å². The summed E-state index contributed by atoms with van der Waals surface area (Å²) in [6.07, 6.45) is 0.0692. The third-order valence-electron chi connectivity index (χ3n) is 3.86. The molecule has 0 bridgehead atoms. The van der Waals surface area contributed by atoms with E-state index >= 15 is 0 Å². The minimum absolute atomic E-state index is 0.0692. The number of anilines is 1. The molecule has 0 radical (unpaired) electrons. The van der Waals surface area contributed by atoms with Crippen molar-refractivity contribution in [1.82, 2.24) is 5.32 Å². The molecule has 1 unspecified atom stereocenters. The first-order valence-electron chi connectivity index (χ1n) is 7.21. The third kappa shape index (κ3) is 2.90. The van der Waals surface area contributed by atoms with E-state index in [4.69, 9.17) is 14.2 Å². The van der Waals surface area contributed by atoms with Crippen LogP contribution in [0.25, 0.3) is 0 Å².